The van der Waals surface area contributed by atoms with E-state index in [0.29, 0.717) is 12.5 Å². The number of aromatic nitrogens is 4. The number of hydrogen-bond donors (Lipinski definition) is 1. The van der Waals surface area contributed by atoms with Gasteiger partial charge in [-0.3, -0.25) is 0 Å². The first-order chi connectivity index (χ1) is 12.3. The highest BCUT2D eigenvalue weighted by atomic mass is 16.4. The third kappa shape index (κ3) is 3.49. The molecule has 130 valence electrons. The summed E-state index contributed by atoms with van der Waals surface area (Å²) in [5.41, 5.74) is 1.06. The van der Waals surface area contributed by atoms with E-state index in [1.165, 1.54) is 0 Å². The minimum absolute atomic E-state index is 0.595. The van der Waals surface area contributed by atoms with Crippen molar-refractivity contribution >= 4 is 0 Å². The van der Waals surface area contributed by atoms with Gasteiger partial charge in [0, 0.05) is 31.5 Å². The summed E-state index contributed by atoms with van der Waals surface area (Å²) >= 11 is 0. The molecule has 0 spiro atoms. The number of nitrogens with one attached hydrogen (secondary N) is 1. The Labute approximate surface area is 147 Å². The molecule has 3 aromatic rings. The molecule has 0 radical (unpaired) electrons. The molecule has 1 aliphatic heterocycles. The van der Waals surface area contributed by atoms with Gasteiger partial charge in [0.05, 0.1) is 12.7 Å². The van der Waals surface area contributed by atoms with Crippen molar-refractivity contribution in [3.05, 3.63) is 54.1 Å². The maximum absolute atomic E-state index is 5.84. The van der Waals surface area contributed by atoms with E-state index in [4.69, 9.17) is 4.42 Å². The maximum atomic E-state index is 5.84. The van der Waals surface area contributed by atoms with E-state index >= 15 is 0 Å². The van der Waals surface area contributed by atoms with Crippen molar-refractivity contribution in [2.45, 2.75) is 39.3 Å². The van der Waals surface area contributed by atoms with Crippen LogP contribution in [0.15, 0.2) is 40.9 Å². The zero-order chi connectivity index (χ0) is 17.1. The molecular weight excluding hydrogens is 314 g/mol. The topological polar surface area (TPSA) is 68.8 Å². The molecule has 2 aromatic heterocycles. The second-order valence-corrected chi connectivity index (χ2v) is 6.52. The maximum Gasteiger partial charge on any atom is 0.208 e. The van der Waals surface area contributed by atoms with Crippen LogP contribution in [-0.4, -0.2) is 26.3 Å². The van der Waals surface area contributed by atoms with E-state index in [0.717, 1.165) is 61.2 Å². The highest BCUT2D eigenvalue weighted by Crippen LogP contribution is 2.21. The average Bonchev–Trinajstić information content (AvgIpc) is 3.29. The standard InChI is InChI=1S/C19H23N5O/c1-2-17-22-23-18-9-8-14(13-24(17)18)10-20-12-19-21-11-16(25-19)15-6-4-3-5-7-15/h3-7,11,14,20H,2,8-10,12-13H2,1H3/t14-/m1/s1. The molecule has 0 aliphatic carbocycles. The van der Waals surface area contributed by atoms with Gasteiger partial charge < -0.3 is 14.3 Å². The first-order valence-electron chi connectivity index (χ1n) is 8.95. The first-order valence-corrected chi connectivity index (χ1v) is 8.95. The lowest BCUT2D eigenvalue weighted by atomic mass is 9.99. The Bertz CT molecular complexity index is 810. The third-order valence-electron chi connectivity index (χ3n) is 4.76. The number of nitrogens with zero attached hydrogens (tertiary/aromatic N) is 4. The van der Waals surface area contributed by atoms with E-state index in [1.54, 1.807) is 6.20 Å². The zero-order valence-electron chi connectivity index (χ0n) is 14.5. The minimum Gasteiger partial charge on any atom is -0.439 e. The SMILES string of the molecule is CCc1nnc2n1C[C@@H](CNCc1ncc(-c3ccccc3)o1)CC2. The van der Waals surface area contributed by atoms with E-state index in [-0.39, 0.29) is 0 Å². The molecule has 6 heteroatoms. The van der Waals surface area contributed by atoms with Crippen molar-refractivity contribution < 1.29 is 4.42 Å². The van der Waals surface area contributed by atoms with Crippen LogP contribution in [0.25, 0.3) is 11.3 Å². The normalized spacial score (nSPS) is 16.8. The molecule has 6 nitrogen and oxygen atoms in total. The van der Waals surface area contributed by atoms with Gasteiger partial charge in [0.25, 0.3) is 0 Å². The number of hydrogen-bond acceptors (Lipinski definition) is 5. The Morgan fingerprint density at radius 1 is 1.24 bits per heavy atom. The van der Waals surface area contributed by atoms with Crippen molar-refractivity contribution in [2.24, 2.45) is 5.92 Å². The van der Waals surface area contributed by atoms with Crippen LogP contribution in [0.1, 0.15) is 30.9 Å². The summed E-state index contributed by atoms with van der Waals surface area (Å²) in [5, 5.41) is 12.1. The fraction of sp³-hybridized carbons (Fsp3) is 0.421. The van der Waals surface area contributed by atoms with Gasteiger partial charge in [0.1, 0.15) is 11.6 Å². The average molecular weight is 337 g/mol. The van der Waals surface area contributed by atoms with E-state index in [1.807, 2.05) is 30.3 Å². The van der Waals surface area contributed by atoms with Gasteiger partial charge in [-0.15, -0.1) is 10.2 Å². The Morgan fingerprint density at radius 3 is 2.96 bits per heavy atom. The van der Waals surface area contributed by atoms with Gasteiger partial charge in [-0.25, -0.2) is 4.98 Å². The van der Waals surface area contributed by atoms with E-state index in [2.05, 4.69) is 32.0 Å². The molecule has 1 atom stereocenters. The van der Waals surface area contributed by atoms with Crippen molar-refractivity contribution in [2.75, 3.05) is 6.54 Å². The van der Waals surface area contributed by atoms with Gasteiger partial charge in [0.15, 0.2) is 5.76 Å². The second-order valence-electron chi connectivity index (χ2n) is 6.52. The largest absolute Gasteiger partial charge is 0.439 e. The van der Waals surface area contributed by atoms with Crippen LogP contribution in [0.2, 0.25) is 0 Å². The molecule has 1 N–H and O–H groups in total. The Kier molecular flexibility index (Phi) is 4.61. The summed E-state index contributed by atoms with van der Waals surface area (Å²) in [4.78, 5) is 4.38. The van der Waals surface area contributed by atoms with E-state index in [9.17, 15) is 0 Å². The fourth-order valence-electron chi connectivity index (χ4n) is 3.39. The van der Waals surface area contributed by atoms with Crippen LogP contribution in [0.3, 0.4) is 0 Å². The molecular formula is C19H23N5O. The molecule has 1 aromatic carbocycles. The molecule has 0 saturated carbocycles. The minimum atomic E-state index is 0.595. The third-order valence-corrected chi connectivity index (χ3v) is 4.76. The molecule has 0 unspecified atom stereocenters. The highest BCUT2D eigenvalue weighted by Gasteiger charge is 2.22. The van der Waals surface area contributed by atoms with Crippen molar-refractivity contribution in [3.8, 4) is 11.3 Å². The van der Waals surface area contributed by atoms with Crippen molar-refractivity contribution in [1.82, 2.24) is 25.1 Å². The summed E-state index contributed by atoms with van der Waals surface area (Å²) in [6, 6.07) is 10.1. The second kappa shape index (κ2) is 7.19. The van der Waals surface area contributed by atoms with Crippen molar-refractivity contribution in [3.63, 3.8) is 0 Å². The molecule has 0 amide bonds. The van der Waals surface area contributed by atoms with Crippen LogP contribution >= 0.6 is 0 Å². The lowest BCUT2D eigenvalue weighted by Gasteiger charge is -2.24. The highest BCUT2D eigenvalue weighted by molar-refractivity contribution is 5.55. The van der Waals surface area contributed by atoms with Gasteiger partial charge in [0.2, 0.25) is 5.89 Å². The molecule has 0 fully saturated rings. The number of rotatable bonds is 6. The fourth-order valence-corrected chi connectivity index (χ4v) is 3.39. The summed E-state index contributed by atoms with van der Waals surface area (Å²) in [6.07, 6.45) is 4.89. The molecule has 4 rings (SSSR count). The Hall–Kier alpha value is -2.47. The van der Waals surface area contributed by atoms with Crippen LogP contribution in [-0.2, 0) is 25.9 Å². The predicted molar refractivity (Wildman–Crippen MR) is 94.9 cm³/mol. The molecule has 1 aliphatic rings. The quantitative estimate of drug-likeness (QED) is 0.749. The number of fused-ring (bicyclic) bond motifs is 1. The molecule has 25 heavy (non-hydrogen) atoms. The van der Waals surface area contributed by atoms with Gasteiger partial charge >= 0.3 is 0 Å². The molecule has 0 saturated heterocycles. The summed E-state index contributed by atoms with van der Waals surface area (Å²) < 4.78 is 8.13. The first kappa shape index (κ1) is 16.0. The van der Waals surface area contributed by atoms with Crippen LogP contribution < -0.4 is 5.32 Å². The van der Waals surface area contributed by atoms with Crippen molar-refractivity contribution in [1.29, 1.82) is 0 Å². The summed E-state index contributed by atoms with van der Waals surface area (Å²) in [7, 11) is 0. The van der Waals surface area contributed by atoms with Gasteiger partial charge in [-0.05, 0) is 12.3 Å². The lowest BCUT2D eigenvalue weighted by Crippen LogP contribution is -2.30. The number of oxazole rings is 1. The zero-order valence-corrected chi connectivity index (χ0v) is 14.5. The van der Waals surface area contributed by atoms with Crippen LogP contribution in [0, 0.1) is 5.92 Å². The smallest absolute Gasteiger partial charge is 0.208 e. The predicted octanol–water partition coefficient (Wildman–Crippen LogP) is 2.85. The Morgan fingerprint density at radius 2 is 2.12 bits per heavy atom. The molecule has 0 bridgehead atoms. The van der Waals surface area contributed by atoms with Crippen LogP contribution in [0.4, 0.5) is 0 Å². The number of benzene rings is 1. The summed E-state index contributed by atoms with van der Waals surface area (Å²) in [6.45, 7) is 4.73. The van der Waals surface area contributed by atoms with Crippen LogP contribution in [0.5, 0.6) is 0 Å². The lowest BCUT2D eigenvalue weighted by molar-refractivity contribution is 0.336. The van der Waals surface area contributed by atoms with Gasteiger partial charge in [-0.2, -0.15) is 0 Å². The number of aryl methyl sites for hydroxylation is 2. The Balaban J connectivity index is 1.31. The van der Waals surface area contributed by atoms with E-state index < -0.39 is 0 Å². The monoisotopic (exact) mass is 337 g/mol. The van der Waals surface area contributed by atoms with Gasteiger partial charge in [-0.1, -0.05) is 37.3 Å². The summed E-state index contributed by atoms with van der Waals surface area (Å²) in [5.74, 6) is 4.37. The molecule has 3 heterocycles.